The molecule has 3 amide bonds. The summed E-state index contributed by atoms with van der Waals surface area (Å²) in [7, 11) is -2.27. The maximum absolute atomic E-state index is 14.4. The number of hydrogen-bond donors (Lipinski definition) is 3. The molecule has 1 spiro atoms. The van der Waals surface area contributed by atoms with Gasteiger partial charge in [-0.05, 0) is 64.6 Å². The van der Waals surface area contributed by atoms with Crippen molar-refractivity contribution >= 4 is 32.2 Å². The van der Waals surface area contributed by atoms with E-state index in [0.29, 0.717) is 6.42 Å². The Labute approximate surface area is 239 Å². The van der Waals surface area contributed by atoms with E-state index in [2.05, 4.69) is 44.5 Å². The van der Waals surface area contributed by atoms with Crippen LogP contribution in [0.4, 0.5) is 4.79 Å². The normalized spacial score (nSPS) is 30.4. The van der Waals surface area contributed by atoms with Crippen LogP contribution in [0, 0.1) is 5.92 Å². The number of ether oxygens (including phenoxy) is 1. The number of alkyl carbamates (subject to hydrolysis) is 1. The lowest BCUT2D eigenvalue weighted by atomic mass is 9.73. The largest absolute Gasteiger partial charge is 0.480 e. The van der Waals surface area contributed by atoms with Crippen LogP contribution in [0.1, 0.15) is 86.5 Å². The summed E-state index contributed by atoms with van der Waals surface area (Å²) in [4.78, 5) is 54.7. The number of hydrogen-bond acceptors (Lipinski definition) is 6. The van der Waals surface area contributed by atoms with Crippen LogP contribution in [0.3, 0.4) is 0 Å². The summed E-state index contributed by atoms with van der Waals surface area (Å²) in [6, 6.07) is -1.93. The summed E-state index contributed by atoms with van der Waals surface area (Å²) < 4.78 is 12.2. The monoisotopic (exact) mass is 579 g/mol. The van der Waals surface area contributed by atoms with Gasteiger partial charge >= 0.3 is 12.1 Å². The molecule has 3 rings (SSSR count). The predicted molar refractivity (Wildman–Crippen MR) is 154 cm³/mol. The van der Waals surface area contributed by atoms with E-state index in [1.54, 1.807) is 25.7 Å². The van der Waals surface area contributed by atoms with E-state index in [1.165, 1.54) is 0 Å². The number of piperidine rings is 1. The molecule has 3 aliphatic rings. The number of amides is 3. The first kappa shape index (κ1) is 32.1. The van der Waals surface area contributed by atoms with Crippen molar-refractivity contribution in [2.24, 2.45) is 5.92 Å². The van der Waals surface area contributed by atoms with E-state index in [1.807, 2.05) is 12.2 Å². The zero-order chi connectivity index (χ0) is 30.1. The number of nitrogens with one attached hydrogen (secondary N) is 2. The van der Waals surface area contributed by atoms with Crippen LogP contribution in [0.25, 0.3) is 0 Å². The second-order valence-corrected chi connectivity index (χ2v) is 18.8. The van der Waals surface area contributed by atoms with Gasteiger partial charge in [-0.2, -0.15) is 0 Å². The number of carbonyl (C=O) groups is 4. The summed E-state index contributed by atoms with van der Waals surface area (Å²) in [6.07, 6.45) is 6.97. The maximum Gasteiger partial charge on any atom is 0.408 e. The van der Waals surface area contributed by atoms with Crippen LogP contribution in [0.2, 0.25) is 18.1 Å². The molecule has 3 heterocycles. The van der Waals surface area contributed by atoms with Gasteiger partial charge in [0.2, 0.25) is 11.8 Å². The molecular weight excluding hydrogens is 530 g/mol. The Bertz CT molecular complexity index is 1020. The fraction of sp³-hybridized carbons (Fsp3) is 0.793. The van der Waals surface area contributed by atoms with Gasteiger partial charge in [-0.1, -0.05) is 45.8 Å². The van der Waals surface area contributed by atoms with Crippen LogP contribution >= 0.6 is 0 Å². The van der Waals surface area contributed by atoms with E-state index in [0.717, 1.165) is 25.7 Å². The Kier molecular flexibility index (Phi) is 9.50. The van der Waals surface area contributed by atoms with Gasteiger partial charge in [0, 0.05) is 18.9 Å². The number of carboxylic acids is 1. The molecule has 40 heavy (non-hydrogen) atoms. The van der Waals surface area contributed by atoms with Crippen LogP contribution in [-0.4, -0.2) is 78.1 Å². The summed E-state index contributed by atoms with van der Waals surface area (Å²) >= 11 is 0. The third-order valence-corrected chi connectivity index (χ3v) is 13.3. The third-order valence-electron chi connectivity index (χ3n) is 8.76. The quantitative estimate of drug-likeness (QED) is 0.333. The van der Waals surface area contributed by atoms with E-state index in [9.17, 15) is 24.3 Å². The van der Waals surface area contributed by atoms with E-state index in [-0.39, 0.29) is 30.3 Å². The van der Waals surface area contributed by atoms with Gasteiger partial charge in [0.15, 0.2) is 8.32 Å². The van der Waals surface area contributed by atoms with Crippen molar-refractivity contribution in [3.05, 3.63) is 12.2 Å². The molecule has 0 aromatic carbocycles. The first-order valence-corrected chi connectivity index (χ1v) is 17.5. The molecule has 11 heteroatoms. The molecule has 0 aromatic heterocycles. The van der Waals surface area contributed by atoms with Crippen molar-refractivity contribution in [3.8, 4) is 0 Å². The zero-order valence-corrected chi connectivity index (χ0v) is 26.5. The minimum absolute atomic E-state index is 0.0837. The molecule has 226 valence electrons. The Balaban J connectivity index is 2.07. The molecule has 0 radical (unpaired) electrons. The van der Waals surface area contributed by atoms with Crippen LogP contribution in [-0.2, 0) is 23.5 Å². The summed E-state index contributed by atoms with van der Waals surface area (Å²) in [6.45, 7) is 16.2. The number of aliphatic carboxylic acids is 1. The number of carboxylic acid groups (broad SMARTS) is 1. The third kappa shape index (κ3) is 7.08. The second kappa shape index (κ2) is 11.8. The fourth-order valence-corrected chi connectivity index (χ4v) is 7.06. The van der Waals surface area contributed by atoms with Crippen molar-refractivity contribution in [1.29, 1.82) is 0 Å². The average molecular weight is 580 g/mol. The van der Waals surface area contributed by atoms with Gasteiger partial charge in [-0.15, -0.1) is 0 Å². The van der Waals surface area contributed by atoms with Crippen molar-refractivity contribution in [2.75, 3.05) is 6.54 Å². The van der Waals surface area contributed by atoms with Crippen LogP contribution < -0.4 is 10.6 Å². The van der Waals surface area contributed by atoms with E-state index >= 15 is 0 Å². The van der Waals surface area contributed by atoms with E-state index < -0.39 is 61.5 Å². The SMILES string of the molecule is CC(C)(C)OC(=O)NC1CCCCCC=CC2CC(C(=O)O)NC(=O)C23CC(O[Si](C)(C)C(C)(C)C)CN3C1=O. The zero-order valence-electron chi connectivity index (χ0n) is 25.5. The van der Waals surface area contributed by atoms with Crippen LogP contribution in [0.15, 0.2) is 12.2 Å². The van der Waals surface area contributed by atoms with Crippen molar-refractivity contribution in [1.82, 2.24) is 15.5 Å². The smallest absolute Gasteiger partial charge is 0.408 e. The minimum atomic E-state index is -2.27. The molecule has 0 aromatic rings. The molecule has 0 aliphatic carbocycles. The van der Waals surface area contributed by atoms with Gasteiger partial charge in [0.25, 0.3) is 0 Å². The average Bonchev–Trinajstić information content (AvgIpc) is 3.16. The van der Waals surface area contributed by atoms with Crippen molar-refractivity contribution in [3.63, 3.8) is 0 Å². The number of rotatable bonds is 4. The molecule has 3 aliphatic heterocycles. The van der Waals surface area contributed by atoms with Gasteiger partial charge < -0.3 is 29.8 Å². The fourth-order valence-electron chi connectivity index (χ4n) is 5.72. The molecule has 5 atom stereocenters. The number of carbonyl (C=O) groups excluding carboxylic acids is 3. The molecule has 2 saturated heterocycles. The summed E-state index contributed by atoms with van der Waals surface area (Å²) in [5.74, 6) is -2.46. The van der Waals surface area contributed by atoms with Crippen molar-refractivity contribution < 1.29 is 33.4 Å². The molecule has 10 nitrogen and oxygen atoms in total. The lowest BCUT2D eigenvalue weighted by Gasteiger charge is -2.47. The van der Waals surface area contributed by atoms with Gasteiger partial charge in [0.1, 0.15) is 23.2 Å². The predicted octanol–water partition coefficient (Wildman–Crippen LogP) is 4.35. The molecule has 0 bridgehead atoms. The topological polar surface area (TPSA) is 134 Å². The molecule has 5 unspecified atom stereocenters. The molecule has 0 saturated carbocycles. The Morgan fingerprint density at radius 2 is 1.80 bits per heavy atom. The highest BCUT2D eigenvalue weighted by atomic mass is 28.4. The molecule has 2 fully saturated rings. The van der Waals surface area contributed by atoms with Gasteiger partial charge in [-0.25, -0.2) is 9.59 Å². The lowest BCUT2D eigenvalue weighted by molar-refractivity contribution is -0.156. The van der Waals surface area contributed by atoms with Crippen molar-refractivity contribution in [2.45, 2.75) is 134 Å². The first-order chi connectivity index (χ1) is 18.4. The second-order valence-electron chi connectivity index (χ2n) is 14.0. The Hall–Kier alpha value is -2.40. The Morgan fingerprint density at radius 3 is 2.40 bits per heavy atom. The maximum atomic E-state index is 14.4. The summed E-state index contributed by atoms with van der Waals surface area (Å²) in [5.41, 5.74) is -2.06. The van der Waals surface area contributed by atoms with E-state index in [4.69, 9.17) is 9.16 Å². The van der Waals surface area contributed by atoms with Crippen LogP contribution in [0.5, 0.6) is 0 Å². The first-order valence-electron chi connectivity index (χ1n) is 14.6. The highest BCUT2D eigenvalue weighted by molar-refractivity contribution is 6.74. The summed E-state index contributed by atoms with van der Waals surface area (Å²) in [5, 5.41) is 15.2. The minimum Gasteiger partial charge on any atom is -0.480 e. The standard InChI is InChI=1S/C29H49N3O7Si/c1-27(2,3)38-26(37)31-21-15-13-11-9-10-12-14-19-16-22(24(34)35)30-25(36)29(19)17-20(18-32(29)23(21)33)39-40(7,8)28(4,5)6/h12,14,19-22H,9-11,13,15-18H2,1-8H3,(H,30,36)(H,31,37)(H,34,35). The van der Waals surface area contributed by atoms with Gasteiger partial charge in [0.05, 0.1) is 6.10 Å². The van der Waals surface area contributed by atoms with Gasteiger partial charge in [-0.3, -0.25) is 9.59 Å². The highest BCUT2D eigenvalue weighted by Crippen LogP contribution is 2.46. The highest BCUT2D eigenvalue weighted by Gasteiger charge is 2.62. The number of allylic oxidation sites excluding steroid dienone is 1. The Morgan fingerprint density at radius 1 is 1.12 bits per heavy atom. The molecule has 3 N–H and O–H groups in total. The lowest BCUT2D eigenvalue weighted by Crippen LogP contribution is -2.69. The number of nitrogens with zero attached hydrogens (tertiary/aromatic N) is 1. The molecular formula is C29H49N3O7Si.